The van der Waals surface area contributed by atoms with Crippen molar-refractivity contribution in [3.05, 3.63) is 33.1 Å². The minimum atomic E-state index is -2.19. The van der Waals surface area contributed by atoms with Crippen molar-refractivity contribution < 1.29 is 24.9 Å². The van der Waals surface area contributed by atoms with Crippen LogP contribution in [0.4, 0.5) is 0 Å². The highest BCUT2D eigenvalue weighted by Gasteiger charge is 2.59. The molecule has 0 aromatic carbocycles. The van der Waals surface area contributed by atoms with Crippen molar-refractivity contribution in [2.75, 3.05) is 6.61 Å². The Balaban J connectivity index is 2.65. The summed E-state index contributed by atoms with van der Waals surface area (Å²) in [4.78, 5) is 36.7. The standard InChI is InChI=1S/C11H14N2O7/c1-5(15)11(9(18)8(17)6(4-14)20-11)13-3-2-7(16)12-10(13)19/h2-3,6,8-9,14,17-18H,4H2,1H3,(H,12,16,19)/t6-,8-,9-,11-/m1/s1. The van der Waals surface area contributed by atoms with E-state index in [1.54, 1.807) is 0 Å². The van der Waals surface area contributed by atoms with Gasteiger partial charge in [0, 0.05) is 12.3 Å². The number of aliphatic hydroxyl groups is 3. The minimum absolute atomic E-state index is 0.647. The van der Waals surface area contributed by atoms with Gasteiger partial charge in [-0.15, -0.1) is 0 Å². The number of H-pyrrole nitrogens is 1. The van der Waals surface area contributed by atoms with Crippen molar-refractivity contribution in [1.29, 1.82) is 0 Å². The summed E-state index contributed by atoms with van der Waals surface area (Å²) in [7, 11) is 0. The van der Waals surface area contributed by atoms with Crippen LogP contribution < -0.4 is 11.2 Å². The molecule has 0 unspecified atom stereocenters. The van der Waals surface area contributed by atoms with E-state index in [2.05, 4.69) is 0 Å². The molecule has 0 bridgehead atoms. The molecule has 4 N–H and O–H groups in total. The van der Waals surface area contributed by atoms with Crippen molar-refractivity contribution in [2.45, 2.75) is 31.0 Å². The first-order valence-corrected chi connectivity index (χ1v) is 5.83. The summed E-state index contributed by atoms with van der Waals surface area (Å²) >= 11 is 0. The largest absolute Gasteiger partial charge is 0.394 e. The molecule has 1 aliphatic rings. The third-order valence-electron chi connectivity index (χ3n) is 3.30. The topological polar surface area (TPSA) is 142 Å². The molecule has 110 valence electrons. The zero-order chi connectivity index (χ0) is 15.1. The Morgan fingerprint density at radius 1 is 1.50 bits per heavy atom. The molecule has 9 heteroatoms. The predicted molar refractivity (Wildman–Crippen MR) is 64.0 cm³/mol. The van der Waals surface area contributed by atoms with Gasteiger partial charge in [-0.1, -0.05) is 0 Å². The quantitative estimate of drug-likeness (QED) is 0.461. The molecule has 1 aromatic rings. The van der Waals surface area contributed by atoms with Crippen molar-refractivity contribution in [1.82, 2.24) is 9.55 Å². The number of aromatic nitrogens is 2. The third kappa shape index (κ3) is 1.91. The molecule has 0 aliphatic carbocycles. The molecule has 9 nitrogen and oxygen atoms in total. The van der Waals surface area contributed by atoms with Crippen LogP contribution in [0.15, 0.2) is 21.9 Å². The summed E-state index contributed by atoms with van der Waals surface area (Å²) < 4.78 is 5.93. The Bertz CT molecular complexity index is 636. The highest BCUT2D eigenvalue weighted by molar-refractivity contribution is 5.84. The molecule has 0 saturated carbocycles. The lowest BCUT2D eigenvalue weighted by Crippen LogP contribution is -2.55. The average Bonchev–Trinajstić information content (AvgIpc) is 2.64. The number of aromatic amines is 1. The van der Waals surface area contributed by atoms with Crippen LogP contribution in [0.5, 0.6) is 0 Å². The van der Waals surface area contributed by atoms with Gasteiger partial charge in [-0.25, -0.2) is 4.79 Å². The summed E-state index contributed by atoms with van der Waals surface area (Å²) in [6.45, 7) is 0.415. The lowest BCUT2D eigenvalue weighted by molar-refractivity contribution is -0.173. The Labute approximate surface area is 112 Å². The first-order chi connectivity index (χ1) is 9.34. The van der Waals surface area contributed by atoms with Gasteiger partial charge >= 0.3 is 5.69 Å². The van der Waals surface area contributed by atoms with Crippen LogP contribution in [0, 0.1) is 0 Å². The fraction of sp³-hybridized carbons (Fsp3) is 0.545. The van der Waals surface area contributed by atoms with Gasteiger partial charge < -0.3 is 20.1 Å². The Morgan fingerprint density at radius 2 is 2.15 bits per heavy atom. The van der Waals surface area contributed by atoms with Crippen molar-refractivity contribution in [3.8, 4) is 0 Å². The number of nitrogens with one attached hydrogen (secondary N) is 1. The zero-order valence-electron chi connectivity index (χ0n) is 10.5. The summed E-state index contributed by atoms with van der Waals surface area (Å²) in [6, 6.07) is 0.973. The number of carbonyl (C=O) groups excluding carboxylic acids is 1. The molecule has 1 saturated heterocycles. The number of ketones is 1. The van der Waals surface area contributed by atoms with E-state index in [0.29, 0.717) is 4.57 Å². The SMILES string of the molecule is CC(=O)[C@@]1(n2ccc(=O)[nH]c2=O)O[C@H](CO)[C@@H](O)[C@H]1O. The molecule has 1 aromatic heterocycles. The molecular weight excluding hydrogens is 272 g/mol. The Hall–Kier alpha value is -1.81. The first-order valence-electron chi connectivity index (χ1n) is 5.83. The van der Waals surface area contributed by atoms with Gasteiger partial charge in [0.1, 0.15) is 18.3 Å². The lowest BCUT2D eigenvalue weighted by atomic mass is 9.99. The lowest BCUT2D eigenvalue weighted by Gasteiger charge is -2.30. The van der Waals surface area contributed by atoms with Gasteiger partial charge in [0.25, 0.3) is 5.56 Å². The first kappa shape index (κ1) is 14.6. The van der Waals surface area contributed by atoms with E-state index in [-0.39, 0.29) is 0 Å². The van der Waals surface area contributed by atoms with Crippen LogP contribution in [0.3, 0.4) is 0 Å². The number of nitrogens with zero attached hydrogens (tertiary/aromatic N) is 1. The number of ether oxygens (including phenoxy) is 1. The molecule has 0 amide bonds. The van der Waals surface area contributed by atoms with E-state index < -0.39 is 47.7 Å². The van der Waals surface area contributed by atoms with Gasteiger partial charge in [-0.05, 0) is 6.92 Å². The second kappa shape index (κ2) is 4.94. The molecule has 2 rings (SSSR count). The van der Waals surface area contributed by atoms with Crippen molar-refractivity contribution >= 4 is 5.78 Å². The van der Waals surface area contributed by atoms with Gasteiger partial charge in [-0.2, -0.15) is 0 Å². The van der Waals surface area contributed by atoms with Gasteiger partial charge in [-0.3, -0.25) is 19.1 Å². The van der Waals surface area contributed by atoms with Crippen LogP contribution in [0.2, 0.25) is 0 Å². The third-order valence-corrected chi connectivity index (χ3v) is 3.30. The monoisotopic (exact) mass is 286 g/mol. The number of Topliss-reactive ketones (excluding diaryl/α,β-unsaturated/α-hetero) is 1. The molecule has 1 fully saturated rings. The molecule has 4 atom stereocenters. The van der Waals surface area contributed by atoms with Gasteiger partial charge in [0.2, 0.25) is 5.72 Å². The fourth-order valence-corrected chi connectivity index (χ4v) is 2.29. The molecule has 0 radical (unpaired) electrons. The zero-order valence-corrected chi connectivity index (χ0v) is 10.5. The van der Waals surface area contributed by atoms with Crippen LogP contribution in [-0.2, 0) is 15.3 Å². The van der Waals surface area contributed by atoms with E-state index >= 15 is 0 Å². The van der Waals surface area contributed by atoms with Crippen LogP contribution >= 0.6 is 0 Å². The summed E-state index contributed by atoms with van der Waals surface area (Å²) in [5.74, 6) is -0.755. The highest BCUT2D eigenvalue weighted by Crippen LogP contribution is 2.35. The minimum Gasteiger partial charge on any atom is -0.394 e. The number of aliphatic hydroxyl groups excluding tert-OH is 3. The second-order valence-electron chi connectivity index (χ2n) is 4.51. The summed E-state index contributed by atoms with van der Waals surface area (Å²) in [5.41, 5.74) is -3.84. The van der Waals surface area contributed by atoms with E-state index in [9.17, 15) is 24.6 Å². The number of rotatable bonds is 3. The van der Waals surface area contributed by atoms with E-state index in [1.807, 2.05) is 4.98 Å². The van der Waals surface area contributed by atoms with Gasteiger partial charge in [0.15, 0.2) is 5.78 Å². The Kier molecular flexibility index (Phi) is 3.61. The normalized spacial score (nSPS) is 33.3. The smallest absolute Gasteiger partial charge is 0.331 e. The maximum atomic E-state index is 11.9. The number of hydrogen-bond donors (Lipinski definition) is 4. The van der Waals surface area contributed by atoms with Gasteiger partial charge in [0.05, 0.1) is 6.61 Å². The maximum Gasteiger partial charge on any atom is 0.331 e. The van der Waals surface area contributed by atoms with E-state index in [0.717, 1.165) is 19.2 Å². The van der Waals surface area contributed by atoms with Crippen molar-refractivity contribution in [2.24, 2.45) is 0 Å². The van der Waals surface area contributed by atoms with Crippen LogP contribution in [0.25, 0.3) is 0 Å². The molecule has 20 heavy (non-hydrogen) atoms. The fourth-order valence-electron chi connectivity index (χ4n) is 2.29. The van der Waals surface area contributed by atoms with Crippen LogP contribution in [0.1, 0.15) is 6.92 Å². The average molecular weight is 286 g/mol. The number of carbonyl (C=O) groups is 1. The Morgan fingerprint density at radius 3 is 2.60 bits per heavy atom. The molecule has 2 heterocycles. The van der Waals surface area contributed by atoms with E-state index in [1.165, 1.54) is 0 Å². The maximum absolute atomic E-state index is 11.9. The predicted octanol–water partition coefficient (Wildman–Crippen LogP) is -3.11. The second-order valence-corrected chi connectivity index (χ2v) is 4.51. The summed E-state index contributed by atoms with van der Waals surface area (Å²) in [6.07, 6.45) is -3.56. The van der Waals surface area contributed by atoms with E-state index in [4.69, 9.17) is 9.84 Å². The molecule has 0 spiro atoms. The highest BCUT2D eigenvalue weighted by atomic mass is 16.6. The van der Waals surface area contributed by atoms with Crippen molar-refractivity contribution in [3.63, 3.8) is 0 Å². The molecular formula is C11H14N2O7. The van der Waals surface area contributed by atoms with Crippen LogP contribution in [-0.4, -0.2) is 55.6 Å². The molecule has 1 aliphatic heterocycles. The summed E-state index contributed by atoms with van der Waals surface area (Å²) in [5, 5.41) is 28.9. The number of hydrogen-bond acceptors (Lipinski definition) is 7.